The molecule has 0 amide bonds. The van der Waals surface area contributed by atoms with Gasteiger partial charge in [-0.3, -0.25) is 0 Å². The Morgan fingerprint density at radius 3 is 0.888 bits per heavy atom. The first-order valence-corrected chi connectivity index (χ1v) is 42.7. The first-order chi connectivity index (χ1) is 68.3. The van der Waals surface area contributed by atoms with Crippen molar-refractivity contribution in [1.29, 1.82) is 0 Å². The van der Waals surface area contributed by atoms with E-state index in [0.29, 0.717) is 22.7 Å². The predicted molar refractivity (Wildman–Crippen MR) is 522 cm³/mol. The SMILES string of the molecule is [2H]c1c([2H])c([2H])c2c(c1[2H])c1c([2H])c([2H])c([2H])c([2H])c1n2-c1ccc2c(c1)N(c1cc(-c3ccccc3)ccc1-c1ccc3c(c1)-c1ccccc1C31c3ccccc3-c3ccccc31)c1cc(C(C)(C)C)cc3c1B2c1ccc(-n2c4c([2H])c([2H])c([2H])c([2H])c4c4c([2H])c([2H])c([2H])c([2H])c42)cc1N3c1cc(-c2ccccc2)ccc1-c1ccc2c(c1)-c1ccccc1C21c2ccccc2-c2ccccc21. The van der Waals surface area contributed by atoms with Crippen LogP contribution < -0.4 is 26.2 Å². The summed E-state index contributed by atoms with van der Waals surface area (Å²) in [5.41, 5.74) is 31.1. The molecule has 0 N–H and O–H groups in total. The van der Waals surface area contributed by atoms with Crippen molar-refractivity contribution in [2.24, 2.45) is 0 Å². The molecule has 0 radical (unpaired) electrons. The standard InChI is InChI=1S/C120H79BN4/c1-118(2,3)80-70-115-117-116(71-80)125(112-69-77(75-32-8-5-9-33-75)55-61-84(112)79-57-63-104-96(67-79)90-39-15-25-49-102(90)120(104)99-46-22-12-36-87(99)88-37-13-23-47-100(88)120)114-73-82(123-109-52-28-18-42-93(109)94-43-19-29-53-110(94)123)59-65-106(114)121(117)105-64-58-81(122-107-50-26-16-40-91(107)92-41-17-27-51-108(92)122)72-113(105)124(115)111-68-76(74-30-6-4-7-31-74)54-60-83(111)78-56-62-103-95(66-78)89-38-14-24-48-101(89)119(103)97-44-20-10-34-85(97)86-35-11-21-45-98(86)119/h4-73H,1-3H3/i16D,17D,18D,19D,26D,27D,28D,29D,40D,41D,42D,43D,50D,51D,52D,53D. The molecule has 27 rings (SSSR count). The van der Waals surface area contributed by atoms with Crippen LogP contribution >= 0.6 is 0 Å². The Hall–Kier alpha value is -15.6. The molecular weight excluding hydrogens is 1510 g/mol. The van der Waals surface area contributed by atoms with E-state index in [1.165, 1.54) is 55.6 Å². The molecule has 0 unspecified atom stereocenters. The molecule has 582 valence electrons. The smallest absolute Gasteiger partial charge is 0.252 e. The molecule has 4 heterocycles. The topological polar surface area (TPSA) is 16.3 Å². The highest BCUT2D eigenvalue weighted by Gasteiger charge is 2.54. The lowest BCUT2D eigenvalue weighted by molar-refractivity contribution is 0.590. The van der Waals surface area contributed by atoms with Crippen LogP contribution in [0.15, 0.2) is 424 Å². The van der Waals surface area contributed by atoms with E-state index in [9.17, 15) is 21.9 Å². The van der Waals surface area contributed by atoms with E-state index in [-0.39, 0.29) is 43.6 Å². The van der Waals surface area contributed by atoms with Gasteiger partial charge in [-0.1, -0.05) is 360 Å². The summed E-state index contributed by atoms with van der Waals surface area (Å²) in [6.07, 6.45) is 0. The fourth-order valence-electron chi connectivity index (χ4n) is 22.6. The maximum absolute atomic E-state index is 10.1. The van der Waals surface area contributed by atoms with Crippen molar-refractivity contribution in [3.05, 3.63) is 474 Å². The molecule has 0 atom stereocenters. The summed E-state index contributed by atoms with van der Waals surface area (Å²) in [7, 11) is 0. The Kier molecular flexibility index (Phi) is 11.7. The third-order valence-corrected chi connectivity index (χ3v) is 27.8. The lowest BCUT2D eigenvalue weighted by Crippen LogP contribution is -2.61. The van der Waals surface area contributed by atoms with Gasteiger partial charge in [0, 0.05) is 66.8 Å². The maximum Gasteiger partial charge on any atom is 0.252 e. The molecule has 2 aliphatic heterocycles. The van der Waals surface area contributed by atoms with Crippen molar-refractivity contribution >= 4 is 101 Å². The number of para-hydroxylation sites is 4. The Morgan fingerprint density at radius 2 is 0.544 bits per heavy atom. The lowest BCUT2D eigenvalue weighted by atomic mass is 9.33. The molecule has 19 aromatic carbocycles. The van der Waals surface area contributed by atoms with Crippen LogP contribution in [-0.4, -0.2) is 15.8 Å². The molecule has 6 aliphatic rings. The van der Waals surface area contributed by atoms with E-state index in [0.717, 1.165) is 123 Å². The van der Waals surface area contributed by atoms with Gasteiger partial charge in [0.15, 0.2) is 0 Å². The Bertz CT molecular complexity index is 8530. The Balaban J connectivity index is 0.794. The van der Waals surface area contributed by atoms with Gasteiger partial charge in [0.1, 0.15) is 0 Å². The van der Waals surface area contributed by atoms with E-state index in [2.05, 4.69) is 285 Å². The highest BCUT2D eigenvalue weighted by Crippen LogP contribution is 2.66. The first kappa shape index (κ1) is 56.1. The monoisotopic (exact) mass is 1600 g/mol. The molecule has 0 bridgehead atoms. The largest absolute Gasteiger partial charge is 0.311 e. The highest BCUT2D eigenvalue weighted by atomic mass is 15.2. The second kappa shape index (κ2) is 26.0. The van der Waals surface area contributed by atoms with E-state index in [1.807, 2.05) is 72.8 Å². The summed E-state index contributed by atoms with van der Waals surface area (Å²) in [5.74, 6) is 0. The van der Waals surface area contributed by atoms with Gasteiger partial charge in [-0.25, -0.2) is 0 Å². The second-order valence-electron chi connectivity index (χ2n) is 34.8. The van der Waals surface area contributed by atoms with Crippen molar-refractivity contribution in [1.82, 2.24) is 9.13 Å². The average Bonchev–Trinajstić information content (AvgIpc) is 1.47. The zero-order valence-corrected chi connectivity index (χ0v) is 68.0. The Labute approximate surface area is 749 Å². The van der Waals surface area contributed by atoms with Crippen molar-refractivity contribution in [2.45, 2.75) is 37.0 Å². The van der Waals surface area contributed by atoms with Gasteiger partial charge >= 0.3 is 0 Å². The van der Waals surface area contributed by atoms with Gasteiger partial charge < -0.3 is 18.9 Å². The van der Waals surface area contributed by atoms with Gasteiger partial charge in [0.2, 0.25) is 0 Å². The van der Waals surface area contributed by atoms with Crippen molar-refractivity contribution in [2.75, 3.05) is 9.80 Å². The Morgan fingerprint density at radius 1 is 0.240 bits per heavy atom. The third kappa shape index (κ3) is 9.56. The van der Waals surface area contributed by atoms with Crippen molar-refractivity contribution < 1.29 is 21.9 Å². The number of benzene rings is 19. The molecule has 2 aromatic heterocycles. The molecule has 2 spiro atoms. The second-order valence-corrected chi connectivity index (χ2v) is 34.8. The van der Waals surface area contributed by atoms with E-state index in [4.69, 9.17) is 0 Å². The van der Waals surface area contributed by atoms with E-state index >= 15 is 0 Å². The van der Waals surface area contributed by atoms with Crippen molar-refractivity contribution in [3.8, 4) is 100 Å². The number of anilines is 6. The number of rotatable bonds is 8. The normalized spacial score (nSPS) is 15.8. The molecule has 4 aliphatic carbocycles. The minimum absolute atomic E-state index is 0.0562. The highest BCUT2D eigenvalue weighted by molar-refractivity contribution is 7.00. The van der Waals surface area contributed by atoms with Crippen LogP contribution in [0.3, 0.4) is 0 Å². The molecule has 0 saturated heterocycles. The molecule has 5 heteroatoms. The zero-order chi connectivity index (χ0) is 96.2. The number of fused-ring (bicyclic) bond motifs is 30. The van der Waals surface area contributed by atoms with Crippen molar-refractivity contribution in [3.63, 3.8) is 0 Å². The van der Waals surface area contributed by atoms with Gasteiger partial charge in [0.25, 0.3) is 6.71 Å². The van der Waals surface area contributed by atoms with Gasteiger partial charge in [-0.2, -0.15) is 0 Å². The molecule has 4 nitrogen and oxygen atoms in total. The van der Waals surface area contributed by atoms with Gasteiger partial charge in [-0.15, -0.1) is 0 Å². The quantitative estimate of drug-likeness (QED) is 0.141. The van der Waals surface area contributed by atoms with Crippen LogP contribution in [0.4, 0.5) is 34.1 Å². The van der Waals surface area contributed by atoms with Gasteiger partial charge in [-0.05, 0) is 235 Å². The molecule has 0 fully saturated rings. The molecular formula is C120H79BN4. The third-order valence-electron chi connectivity index (χ3n) is 27.8. The van der Waals surface area contributed by atoms with Crippen LogP contribution in [0.1, 0.15) is 92.8 Å². The maximum atomic E-state index is 10.1. The number of hydrogen-bond acceptors (Lipinski definition) is 2. The summed E-state index contributed by atoms with van der Waals surface area (Å²) < 4.78 is 157. The lowest BCUT2D eigenvalue weighted by Gasteiger charge is -2.46. The summed E-state index contributed by atoms with van der Waals surface area (Å²) in [5, 5.41) is -0.311. The summed E-state index contributed by atoms with van der Waals surface area (Å²) >= 11 is 0. The van der Waals surface area contributed by atoms with Crippen LogP contribution in [0.25, 0.3) is 144 Å². The molecule has 0 saturated carbocycles. The number of nitrogens with zero attached hydrogens (tertiary/aromatic N) is 4. The number of aromatic nitrogens is 2. The fraction of sp³-hybridized carbons (Fsp3) is 0.0500. The first-order valence-electron chi connectivity index (χ1n) is 50.7. The minimum atomic E-state index is -0.804. The summed E-state index contributed by atoms with van der Waals surface area (Å²) in [6, 6.07) is 109. The van der Waals surface area contributed by atoms with Crippen LogP contribution in [-0.2, 0) is 16.2 Å². The average molecular weight is 1600 g/mol. The zero-order valence-electron chi connectivity index (χ0n) is 84.0. The minimum Gasteiger partial charge on any atom is -0.311 e. The van der Waals surface area contributed by atoms with E-state index < -0.39 is 120 Å². The number of hydrogen-bond donors (Lipinski definition) is 0. The van der Waals surface area contributed by atoms with Crippen LogP contribution in [0.5, 0.6) is 0 Å². The molecule has 125 heavy (non-hydrogen) atoms. The summed E-state index contributed by atoms with van der Waals surface area (Å²) in [6.45, 7) is 5.79. The van der Waals surface area contributed by atoms with Gasteiger partial charge in [0.05, 0.1) is 66.2 Å². The van der Waals surface area contributed by atoms with E-state index in [1.54, 1.807) is 9.13 Å². The predicted octanol–water partition coefficient (Wildman–Crippen LogP) is 28.6. The molecule has 21 aromatic rings. The van der Waals surface area contributed by atoms with Crippen LogP contribution in [0, 0.1) is 0 Å². The summed E-state index contributed by atoms with van der Waals surface area (Å²) in [4.78, 5) is 4.70. The van der Waals surface area contributed by atoms with Crippen LogP contribution in [0.2, 0.25) is 0 Å². The fourth-order valence-corrected chi connectivity index (χ4v) is 22.6.